The fourth-order valence-corrected chi connectivity index (χ4v) is 3.94. The Labute approximate surface area is 176 Å². The molecule has 0 spiro atoms. The first-order valence-electron chi connectivity index (χ1n) is 8.64. The Bertz CT molecular complexity index is 1190. The van der Waals surface area contributed by atoms with E-state index in [0.717, 1.165) is 21.8 Å². The summed E-state index contributed by atoms with van der Waals surface area (Å²) in [6, 6.07) is 14.5. The predicted octanol–water partition coefficient (Wildman–Crippen LogP) is 3.39. The second-order valence-corrected chi connectivity index (χ2v) is 8.93. The molecule has 0 saturated heterocycles. The van der Waals surface area contributed by atoms with E-state index in [1.54, 1.807) is 24.3 Å². The number of esters is 1. The minimum Gasteiger partial charge on any atom is -0.448 e. The highest BCUT2D eigenvalue weighted by Gasteiger charge is 2.21. The average molecular weight is 448 g/mol. The fraction of sp³-hybridized carbons (Fsp3) is 0.100. The van der Waals surface area contributed by atoms with E-state index in [2.05, 4.69) is 5.32 Å². The van der Waals surface area contributed by atoms with Crippen LogP contribution in [0.2, 0.25) is 0 Å². The van der Waals surface area contributed by atoms with Gasteiger partial charge in [-0.2, -0.15) is 0 Å². The van der Waals surface area contributed by atoms with E-state index in [1.165, 1.54) is 43.3 Å². The summed E-state index contributed by atoms with van der Waals surface area (Å²) in [5.74, 6) is -1.68. The first kappa shape index (κ1) is 21.6. The molecule has 1 amide bonds. The van der Waals surface area contributed by atoms with E-state index in [-0.39, 0.29) is 21.3 Å². The lowest BCUT2D eigenvalue weighted by Crippen LogP contribution is -2.29. The van der Waals surface area contributed by atoms with Crippen molar-refractivity contribution >= 4 is 38.9 Å². The number of sulfonamides is 1. The minimum absolute atomic E-state index is 0.156. The highest BCUT2D eigenvalue weighted by atomic mass is 32.2. The third kappa shape index (κ3) is 5.29. The van der Waals surface area contributed by atoms with Gasteiger partial charge >= 0.3 is 5.97 Å². The highest BCUT2D eigenvalue weighted by molar-refractivity contribution is 7.89. The SMILES string of the molecule is CC(OC(=O)c1ccc(-c2ccc(F)cc2)s1)C(=O)Nc1cccc(S(N)(=O)=O)c1. The van der Waals surface area contributed by atoms with Crippen molar-refractivity contribution in [1.82, 2.24) is 0 Å². The van der Waals surface area contributed by atoms with Crippen LogP contribution in [0.1, 0.15) is 16.6 Å². The van der Waals surface area contributed by atoms with E-state index in [0.29, 0.717) is 0 Å². The molecule has 10 heteroatoms. The minimum atomic E-state index is -3.92. The van der Waals surface area contributed by atoms with E-state index in [4.69, 9.17) is 9.88 Å². The molecule has 0 saturated carbocycles. The summed E-state index contributed by atoms with van der Waals surface area (Å²) in [5, 5.41) is 7.55. The first-order valence-corrected chi connectivity index (χ1v) is 11.0. The van der Waals surface area contributed by atoms with Gasteiger partial charge in [-0.25, -0.2) is 22.7 Å². The summed E-state index contributed by atoms with van der Waals surface area (Å²) >= 11 is 1.15. The largest absolute Gasteiger partial charge is 0.448 e. The van der Waals surface area contributed by atoms with Gasteiger partial charge in [-0.15, -0.1) is 11.3 Å². The molecule has 0 bridgehead atoms. The van der Waals surface area contributed by atoms with Crippen molar-refractivity contribution in [1.29, 1.82) is 0 Å². The molecule has 3 aromatic rings. The van der Waals surface area contributed by atoms with Crippen molar-refractivity contribution < 1.29 is 27.1 Å². The molecule has 2 aromatic carbocycles. The molecule has 156 valence electrons. The smallest absolute Gasteiger partial charge is 0.349 e. The van der Waals surface area contributed by atoms with Gasteiger partial charge in [-0.05, 0) is 55.0 Å². The number of primary sulfonamides is 1. The van der Waals surface area contributed by atoms with Crippen molar-refractivity contribution in [2.75, 3.05) is 5.32 Å². The maximum Gasteiger partial charge on any atom is 0.349 e. The Balaban J connectivity index is 1.64. The molecule has 0 aliphatic heterocycles. The lowest BCUT2D eigenvalue weighted by atomic mass is 10.2. The van der Waals surface area contributed by atoms with Gasteiger partial charge in [0.25, 0.3) is 5.91 Å². The number of carbonyl (C=O) groups excluding carboxylic acids is 2. The van der Waals surface area contributed by atoms with Gasteiger partial charge in [0.15, 0.2) is 6.10 Å². The van der Waals surface area contributed by atoms with Crippen LogP contribution in [-0.4, -0.2) is 26.4 Å². The number of carbonyl (C=O) groups is 2. The number of nitrogens with two attached hydrogens (primary N) is 1. The van der Waals surface area contributed by atoms with Crippen molar-refractivity contribution in [3.05, 3.63) is 71.4 Å². The summed E-state index contributed by atoms with van der Waals surface area (Å²) in [5.41, 5.74) is 0.949. The number of anilines is 1. The maximum atomic E-state index is 13.0. The molecule has 1 aromatic heterocycles. The number of benzene rings is 2. The number of hydrogen-bond donors (Lipinski definition) is 2. The lowest BCUT2D eigenvalue weighted by molar-refractivity contribution is -0.123. The summed E-state index contributed by atoms with van der Waals surface area (Å²) in [6.45, 7) is 1.39. The van der Waals surface area contributed by atoms with Crippen LogP contribution in [0.5, 0.6) is 0 Å². The fourth-order valence-electron chi connectivity index (χ4n) is 2.48. The normalized spacial score (nSPS) is 12.2. The topological polar surface area (TPSA) is 116 Å². The van der Waals surface area contributed by atoms with Crippen LogP contribution < -0.4 is 10.5 Å². The number of halogens is 1. The number of hydrogen-bond acceptors (Lipinski definition) is 6. The van der Waals surface area contributed by atoms with E-state index < -0.39 is 28.0 Å². The maximum absolute atomic E-state index is 13.0. The van der Waals surface area contributed by atoms with Gasteiger partial charge in [0.1, 0.15) is 10.7 Å². The molecule has 3 N–H and O–H groups in total. The molecule has 30 heavy (non-hydrogen) atoms. The molecule has 3 rings (SSSR count). The molecule has 1 unspecified atom stereocenters. The molecule has 1 atom stereocenters. The van der Waals surface area contributed by atoms with Gasteiger partial charge in [0.2, 0.25) is 10.0 Å². The second kappa shape index (κ2) is 8.74. The van der Waals surface area contributed by atoms with Crippen LogP contribution in [0.3, 0.4) is 0 Å². The van der Waals surface area contributed by atoms with Crippen LogP contribution in [0.4, 0.5) is 10.1 Å². The Morgan fingerprint density at radius 1 is 1.10 bits per heavy atom. The number of nitrogens with one attached hydrogen (secondary N) is 1. The zero-order valence-electron chi connectivity index (χ0n) is 15.7. The van der Waals surface area contributed by atoms with Crippen molar-refractivity contribution in [2.24, 2.45) is 5.14 Å². The van der Waals surface area contributed by atoms with Crippen LogP contribution in [0.15, 0.2) is 65.6 Å². The van der Waals surface area contributed by atoms with Crippen LogP contribution >= 0.6 is 11.3 Å². The Morgan fingerprint density at radius 3 is 2.47 bits per heavy atom. The molecular weight excluding hydrogens is 431 g/mol. The number of thiophene rings is 1. The van der Waals surface area contributed by atoms with E-state index >= 15 is 0 Å². The monoisotopic (exact) mass is 448 g/mol. The number of rotatable bonds is 6. The van der Waals surface area contributed by atoms with E-state index in [1.807, 2.05) is 0 Å². The van der Waals surface area contributed by atoms with Crippen molar-refractivity contribution in [3.8, 4) is 10.4 Å². The quantitative estimate of drug-likeness (QED) is 0.561. The van der Waals surface area contributed by atoms with Gasteiger partial charge in [0.05, 0.1) is 4.90 Å². The zero-order valence-corrected chi connectivity index (χ0v) is 17.3. The molecule has 0 aliphatic carbocycles. The molecule has 0 radical (unpaired) electrons. The molecule has 0 fully saturated rings. The second-order valence-electron chi connectivity index (χ2n) is 6.28. The number of ether oxygens (including phenoxy) is 1. The van der Waals surface area contributed by atoms with Crippen LogP contribution in [-0.2, 0) is 19.6 Å². The van der Waals surface area contributed by atoms with E-state index in [9.17, 15) is 22.4 Å². The Hall–Kier alpha value is -3.08. The highest BCUT2D eigenvalue weighted by Crippen LogP contribution is 2.29. The van der Waals surface area contributed by atoms with Gasteiger partial charge in [0, 0.05) is 10.6 Å². The summed E-state index contributed by atoms with van der Waals surface area (Å²) < 4.78 is 41.1. The lowest BCUT2D eigenvalue weighted by Gasteiger charge is -2.13. The third-order valence-electron chi connectivity index (χ3n) is 4.02. The third-order valence-corrected chi connectivity index (χ3v) is 6.04. The average Bonchev–Trinajstić information content (AvgIpc) is 3.18. The van der Waals surface area contributed by atoms with Crippen molar-refractivity contribution in [2.45, 2.75) is 17.9 Å². The summed E-state index contributed by atoms with van der Waals surface area (Å²) in [6.07, 6.45) is -1.13. The van der Waals surface area contributed by atoms with Gasteiger partial charge in [-0.3, -0.25) is 4.79 Å². The Kier molecular flexibility index (Phi) is 6.30. The molecular formula is C20H17FN2O5S2. The zero-order chi connectivity index (χ0) is 21.9. The summed E-state index contributed by atoms with van der Waals surface area (Å²) in [4.78, 5) is 25.5. The predicted molar refractivity (Wildman–Crippen MR) is 111 cm³/mol. The molecule has 1 heterocycles. The Morgan fingerprint density at radius 2 is 1.80 bits per heavy atom. The van der Waals surface area contributed by atoms with Crippen LogP contribution in [0, 0.1) is 5.82 Å². The number of amides is 1. The molecule has 7 nitrogen and oxygen atoms in total. The first-order chi connectivity index (χ1) is 14.1. The summed E-state index contributed by atoms with van der Waals surface area (Å²) in [7, 11) is -3.92. The van der Waals surface area contributed by atoms with Gasteiger partial charge < -0.3 is 10.1 Å². The van der Waals surface area contributed by atoms with Crippen LogP contribution in [0.25, 0.3) is 10.4 Å². The standard InChI is InChI=1S/C20H17FN2O5S2/c1-12(19(24)23-15-3-2-4-16(11-15)30(22,26)27)28-20(25)18-10-9-17(29-18)13-5-7-14(21)8-6-13/h2-12H,1H3,(H,23,24)(H2,22,26,27). The van der Waals surface area contributed by atoms with Gasteiger partial charge in [-0.1, -0.05) is 18.2 Å². The van der Waals surface area contributed by atoms with Crippen molar-refractivity contribution in [3.63, 3.8) is 0 Å². The molecule has 0 aliphatic rings.